The second kappa shape index (κ2) is 9.97. The van der Waals surface area contributed by atoms with Crippen LogP contribution in [0.25, 0.3) is 5.69 Å². The molecule has 3 aromatic carbocycles. The van der Waals surface area contributed by atoms with E-state index in [2.05, 4.69) is 48.0 Å². The summed E-state index contributed by atoms with van der Waals surface area (Å²) in [7, 11) is 0. The van der Waals surface area contributed by atoms with E-state index in [9.17, 15) is 9.59 Å². The highest BCUT2D eigenvalue weighted by atomic mass is 16.2. The van der Waals surface area contributed by atoms with Crippen molar-refractivity contribution in [1.29, 1.82) is 0 Å². The Morgan fingerprint density at radius 2 is 1.63 bits per heavy atom. The van der Waals surface area contributed by atoms with Crippen LogP contribution in [0.2, 0.25) is 0 Å². The lowest BCUT2D eigenvalue weighted by molar-refractivity contribution is -0.137. The van der Waals surface area contributed by atoms with Crippen LogP contribution in [0, 0.1) is 6.92 Å². The third-order valence-corrected chi connectivity index (χ3v) is 7.83. The van der Waals surface area contributed by atoms with Crippen LogP contribution in [-0.2, 0) is 9.59 Å². The number of carbonyl (C=O) groups is 2. The molecule has 2 aliphatic rings. The van der Waals surface area contributed by atoms with Crippen LogP contribution in [0.3, 0.4) is 0 Å². The molecule has 0 radical (unpaired) electrons. The summed E-state index contributed by atoms with van der Waals surface area (Å²) < 4.78 is 2.18. The summed E-state index contributed by atoms with van der Waals surface area (Å²) in [6.45, 7) is 4.20. The van der Waals surface area contributed by atoms with E-state index in [1.165, 1.54) is 0 Å². The highest BCUT2D eigenvalue weighted by Gasteiger charge is 2.41. The molecule has 1 saturated carbocycles. The number of nitrogens with zero attached hydrogens (tertiary/aromatic N) is 3. The van der Waals surface area contributed by atoms with E-state index in [1.54, 1.807) is 0 Å². The van der Waals surface area contributed by atoms with Crippen molar-refractivity contribution in [2.75, 3.05) is 11.4 Å². The maximum Gasteiger partial charge on any atom is 0.247 e. The Morgan fingerprint density at radius 1 is 0.895 bits per heavy atom. The van der Waals surface area contributed by atoms with E-state index in [4.69, 9.17) is 0 Å². The molecule has 1 aliphatic heterocycles. The lowest BCUT2D eigenvalue weighted by Crippen LogP contribution is -2.48. The minimum absolute atomic E-state index is 0.0512. The number of rotatable bonds is 7. The van der Waals surface area contributed by atoms with Crippen molar-refractivity contribution in [1.82, 2.24) is 9.47 Å². The summed E-state index contributed by atoms with van der Waals surface area (Å²) in [4.78, 5) is 32.1. The number of anilines is 1. The molecule has 2 unspecified atom stereocenters. The first-order valence-corrected chi connectivity index (χ1v) is 13.6. The SMILES string of the molecule is CCC(C(=O)N(CC(=O)N1c2ccccc2-n2cccc2C1c1cccc(C)c1)C1CC1)c1ccccc1. The van der Waals surface area contributed by atoms with Gasteiger partial charge in [-0.05, 0) is 61.6 Å². The van der Waals surface area contributed by atoms with E-state index < -0.39 is 0 Å². The molecule has 2 atom stereocenters. The van der Waals surface area contributed by atoms with Crippen molar-refractivity contribution in [2.24, 2.45) is 0 Å². The molecule has 38 heavy (non-hydrogen) atoms. The van der Waals surface area contributed by atoms with Gasteiger partial charge >= 0.3 is 0 Å². The van der Waals surface area contributed by atoms with Gasteiger partial charge in [0.1, 0.15) is 12.6 Å². The predicted octanol–water partition coefficient (Wildman–Crippen LogP) is 6.41. The molecule has 1 aromatic heterocycles. The predicted molar refractivity (Wildman–Crippen MR) is 150 cm³/mol. The zero-order chi connectivity index (χ0) is 26.2. The van der Waals surface area contributed by atoms with Crippen molar-refractivity contribution in [2.45, 2.75) is 51.1 Å². The number of hydrogen-bond donors (Lipinski definition) is 0. The summed E-state index contributed by atoms with van der Waals surface area (Å²) in [6, 6.07) is 30.4. The normalized spacial score (nSPS) is 16.9. The largest absolute Gasteiger partial charge is 0.330 e. The first-order chi connectivity index (χ1) is 18.6. The number of aryl methyl sites for hydroxylation is 1. The summed E-state index contributed by atoms with van der Waals surface area (Å²) in [5.74, 6) is -0.252. The number of para-hydroxylation sites is 2. The van der Waals surface area contributed by atoms with Gasteiger partial charge in [-0.15, -0.1) is 0 Å². The average Bonchev–Trinajstić information content (AvgIpc) is 3.66. The maximum absolute atomic E-state index is 14.4. The van der Waals surface area contributed by atoms with Crippen LogP contribution in [0.15, 0.2) is 97.2 Å². The van der Waals surface area contributed by atoms with Crippen molar-refractivity contribution < 1.29 is 9.59 Å². The minimum Gasteiger partial charge on any atom is -0.330 e. The molecule has 192 valence electrons. The lowest BCUT2D eigenvalue weighted by atomic mass is 9.94. The summed E-state index contributed by atoms with van der Waals surface area (Å²) >= 11 is 0. The second-order valence-corrected chi connectivity index (χ2v) is 10.4. The monoisotopic (exact) mass is 503 g/mol. The molecule has 6 rings (SSSR count). The number of carbonyl (C=O) groups excluding carboxylic acids is 2. The van der Waals surface area contributed by atoms with Gasteiger partial charge < -0.3 is 9.47 Å². The molecule has 5 nitrogen and oxygen atoms in total. The Labute approximate surface area is 224 Å². The zero-order valence-corrected chi connectivity index (χ0v) is 22.0. The van der Waals surface area contributed by atoms with Crippen LogP contribution in [0.5, 0.6) is 0 Å². The minimum atomic E-state index is -0.278. The number of benzene rings is 3. The highest BCUT2D eigenvalue weighted by Crippen LogP contribution is 2.43. The number of fused-ring (bicyclic) bond motifs is 3. The second-order valence-electron chi connectivity index (χ2n) is 10.4. The fourth-order valence-corrected chi connectivity index (χ4v) is 5.85. The van der Waals surface area contributed by atoms with Gasteiger partial charge in [0.05, 0.1) is 23.0 Å². The fourth-order valence-electron chi connectivity index (χ4n) is 5.85. The average molecular weight is 504 g/mol. The quantitative estimate of drug-likeness (QED) is 0.293. The molecule has 5 heteroatoms. The third-order valence-electron chi connectivity index (χ3n) is 7.83. The fraction of sp³-hybridized carbons (Fsp3) is 0.273. The first-order valence-electron chi connectivity index (χ1n) is 13.6. The Morgan fingerprint density at radius 3 is 2.34 bits per heavy atom. The first kappa shape index (κ1) is 24.2. The molecule has 4 aromatic rings. The molecule has 1 fully saturated rings. The van der Waals surface area contributed by atoms with Crippen molar-refractivity contribution in [3.63, 3.8) is 0 Å². The van der Waals surface area contributed by atoms with Gasteiger partial charge in [0.25, 0.3) is 0 Å². The number of hydrogen-bond acceptors (Lipinski definition) is 2. The van der Waals surface area contributed by atoms with E-state index in [1.807, 2.05) is 77.4 Å². The van der Waals surface area contributed by atoms with Crippen LogP contribution in [-0.4, -0.2) is 33.9 Å². The molecule has 0 bridgehead atoms. The Hall–Kier alpha value is -4.12. The standard InChI is InChI=1S/C33H33N3O2/c1-3-27(24-12-5-4-6-13-24)33(38)35(26-18-19-26)22-31(37)36-29-16-8-7-15-28(29)34-20-10-17-30(34)32(36)25-14-9-11-23(2)21-25/h4-17,20-21,26-27,32H,3,18-19,22H2,1-2H3. The van der Waals surface area contributed by atoms with E-state index in [0.29, 0.717) is 6.42 Å². The lowest BCUT2D eigenvalue weighted by Gasteiger charge is -2.40. The van der Waals surface area contributed by atoms with Gasteiger partial charge in [0, 0.05) is 12.2 Å². The molecular formula is C33H33N3O2. The van der Waals surface area contributed by atoms with Crippen molar-refractivity contribution in [3.05, 3.63) is 120 Å². The molecule has 0 saturated heterocycles. The Kier molecular flexibility index (Phi) is 6.36. The molecule has 2 amide bonds. The molecule has 2 heterocycles. The highest BCUT2D eigenvalue weighted by molar-refractivity contribution is 6.01. The Bertz CT molecular complexity index is 1470. The van der Waals surface area contributed by atoms with Gasteiger partial charge in [-0.1, -0.05) is 79.2 Å². The van der Waals surface area contributed by atoms with Crippen LogP contribution >= 0.6 is 0 Å². The van der Waals surface area contributed by atoms with Gasteiger partial charge in [-0.2, -0.15) is 0 Å². The zero-order valence-electron chi connectivity index (χ0n) is 22.0. The Balaban J connectivity index is 1.39. The smallest absolute Gasteiger partial charge is 0.247 e. The third kappa shape index (κ3) is 4.32. The summed E-state index contributed by atoms with van der Waals surface area (Å²) in [5.41, 5.74) is 6.11. The summed E-state index contributed by atoms with van der Waals surface area (Å²) in [5, 5.41) is 0. The molecule has 1 aliphatic carbocycles. The maximum atomic E-state index is 14.4. The van der Waals surface area contributed by atoms with Crippen LogP contribution < -0.4 is 4.90 Å². The number of aromatic nitrogens is 1. The molecule has 0 N–H and O–H groups in total. The van der Waals surface area contributed by atoms with Crippen molar-refractivity contribution >= 4 is 17.5 Å². The van der Waals surface area contributed by atoms with Crippen LogP contribution in [0.4, 0.5) is 5.69 Å². The number of amides is 2. The molecule has 0 spiro atoms. The van der Waals surface area contributed by atoms with Gasteiger partial charge in [-0.25, -0.2) is 0 Å². The van der Waals surface area contributed by atoms with Gasteiger partial charge in [0.15, 0.2) is 0 Å². The van der Waals surface area contributed by atoms with E-state index in [0.717, 1.165) is 46.6 Å². The van der Waals surface area contributed by atoms with Crippen molar-refractivity contribution in [3.8, 4) is 5.69 Å². The van der Waals surface area contributed by atoms with Crippen LogP contribution in [0.1, 0.15) is 60.5 Å². The topological polar surface area (TPSA) is 45.6 Å². The summed E-state index contributed by atoms with van der Waals surface area (Å²) in [6.07, 6.45) is 4.66. The van der Waals surface area contributed by atoms with E-state index >= 15 is 0 Å². The van der Waals surface area contributed by atoms with E-state index in [-0.39, 0.29) is 36.4 Å². The van der Waals surface area contributed by atoms with Gasteiger partial charge in [0.2, 0.25) is 11.8 Å². The molecular weight excluding hydrogens is 470 g/mol. The van der Waals surface area contributed by atoms with Gasteiger partial charge in [-0.3, -0.25) is 14.5 Å².